The van der Waals surface area contributed by atoms with Crippen LogP contribution in [-0.4, -0.2) is 12.6 Å². The van der Waals surface area contributed by atoms with E-state index in [4.69, 9.17) is 0 Å². The van der Waals surface area contributed by atoms with Gasteiger partial charge in [-0.15, -0.1) is 0 Å². The molecule has 0 amide bonds. The first-order chi connectivity index (χ1) is 8.87. The standard InChI is InChI=1S/C18H29N/c1-7-8-19-16-11-15(18(16,5)6)17-13(3)9-12(2)10-14(17)4/h9-10,15-16,19H,7-8,11H2,1-6H3. The van der Waals surface area contributed by atoms with Crippen LogP contribution in [0, 0.1) is 26.2 Å². The highest BCUT2D eigenvalue weighted by atomic mass is 15.0. The average Bonchev–Trinajstić information content (AvgIpc) is 2.30. The molecule has 2 rings (SSSR count). The summed E-state index contributed by atoms with van der Waals surface area (Å²) in [6.45, 7) is 15.0. The van der Waals surface area contributed by atoms with Crippen molar-refractivity contribution in [2.45, 2.75) is 66.3 Å². The summed E-state index contributed by atoms with van der Waals surface area (Å²) in [5.41, 5.74) is 6.32. The minimum Gasteiger partial charge on any atom is -0.313 e. The van der Waals surface area contributed by atoms with E-state index in [0.29, 0.717) is 17.4 Å². The lowest BCUT2D eigenvalue weighted by molar-refractivity contribution is 0.0687. The molecule has 0 bridgehead atoms. The first kappa shape index (κ1) is 14.6. The van der Waals surface area contributed by atoms with Crippen molar-refractivity contribution in [3.63, 3.8) is 0 Å². The summed E-state index contributed by atoms with van der Waals surface area (Å²) in [5.74, 6) is 0.711. The van der Waals surface area contributed by atoms with Crippen molar-refractivity contribution in [1.82, 2.24) is 5.32 Å². The van der Waals surface area contributed by atoms with Crippen LogP contribution in [0.15, 0.2) is 12.1 Å². The van der Waals surface area contributed by atoms with Gasteiger partial charge in [0.15, 0.2) is 0 Å². The van der Waals surface area contributed by atoms with E-state index in [1.165, 1.54) is 29.5 Å². The van der Waals surface area contributed by atoms with Gasteiger partial charge in [0, 0.05) is 6.04 Å². The van der Waals surface area contributed by atoms with Gasteiger partial charge in [0.1, 0.15) is 0 Å². The van der Waals surface area contributed by atoms with Gasteiger partial charge in [0.25, 0.3) is 0 Å². The highest BCUT2D eigenvalue weighted by Gasteiger charge is 2.48. The zero-order chi connectivity index (χ0) is 14.2. The molecule has 0 aliphatic heterocycles. The summed E-state index contributed by atoms with van der Waals surface area (Å²) in [6.07, 6.45) is 2.51. The molecule has 1 aliphatic carbocycles. The molecule has 1 fully saturated rings. The Kier molecular flexibility index (Phi) is 4.06. The zero-order valence-corrected chi connectivity index (χ0v) is 13.4. The Morgan fingerprint density at radius 2 is 1.74 bits per heavy atom. The molecule has 1 heteroatoms. The third-order valence-electron chi connectivity index (χ3n) is 4.99. The van der Waals surface area contributed by atoms with Gasteiger partial charge in [0.05, 0.1) is 0 Å². The third kappa shape index (κ3) is 2.58. The van der Waals surface area contributed by atoms with Gasteiger partial charge in [-0.25, -0.2) is 0 Å². The molecule has 1 aliphatic rings. The van der Waals surface area contributed by atoms with E-state index in [-0.39, 0.29) is 0 Å². The topological polar surface area (TPSA) is 12.0 Å². The molecule has 0 saturated heterocycles. The Hall–Kier alpha value is -0.820. The summed E-state index contributed by atoms with van der Waals surface area (Å²) in [4.78, 5) is 0. The lowest BCUT2D eigenvalue weighted by Gasteiger charge is -2.54. The number of nitrogens with one attached hydrogen (secondary N) is 1. The molecule has 1 N–H and O–H groups in total. The van der Waals surface area contributed by atoms with E-state index >= 15 is 0 Å². The average molecular weight is 259 g/mol. The maximum Gasteiger partial charge on any atom is 0.0130 e. The van der Waals surface area contributed by atoms with Crippen molar-refractivity contribution in [2.75, 3.05) is 6.54 Å². The second-order valence-corrected chi connectivity index (χ2v) is 6.93. The van der Waals surface area contributed by atoms with Crippen LogP contribution in [0.5, 0.6) is 0 Å². The molecule has 0 radical (unpaired) electrons. The number of aryl methyl sites for hydroxylation is 3. The lowest BCUT2D eigenvalue weighted by Crippen LogP contribution is -2.55. The van der Waals surface area contributed by atoms with Gasteiger partial charge >= 0.3 is 0 Å². The van der Waals surface area contributed by atoms with E-state index in [9.17, 15) is 0 Å². The van der Waals surface area contributed by atoms with Crippen molar-refractivity contribution in [2.24, 2.45) is 5.41 Å². The maximum atomic E-state index is 3.71. The monoisotopic (exact) mass is 259 g/mol. The lowest BCUT2D eigenvalue weighted by atomic mass is 9.55. The molecule has 1 nitrogen and oxygen atoms in total. The summed E-state index contributed by atoms with van der Waals surface area (Å²) in [6, 6.07) is 5.36. The fourth-order valence-electron chi connectivity index (χ4n) is 3.82. The molecule has 2 unspecified atom stereocenters. The Bertz CT molecular complexity index is 436. The molecule has 0 spiro atoms. The molecule has 2 atom stereocenters. The predicted molar refractivity (Wildman–Crippen MR) is 83.9 cm³/mol. The minimum atomic E-state index is 0.375. The van der Waals surface area contributed by atoms with Crippen molar-refractivity contribution in [3.05, 3.63) is 34.4 Å². The van der Waals surface area contributed by atoms with Crippen LogP contribution in [0.1, 0.15) is 61.8 Å². The van der Waals surface area contributed by atoms with Gasteiger partial charge in [-0.05, 0) is 68.2 Å². The van der Waals surface area contributed by atoms with Crippen LogP contribution < -0.4 is 5.32 Å². The molecule has 1 aromatic rings. The Morgan fingerprint density at radius 3 is 2.21 bits per heavy atom. The predicted octanol–water partition coefficient (Wildman–Crippen LogP) is 4.49. The molecule has 106 valence electrons. The van der Waals surface area contributed by atoms with E-state index in [0.717, 1.165) is 6.54 Å². The Balaban J connectivity index is 2.21. The van der Waals surface area contributed by atoms with Crippen molar-refractivity contribution in [1.29, 1.82) is 0 Å². The van der Waals surface area contributed by atoms with Crippen LogP contribution in [0.4, 0.5) is 0 Å². The second-order valence-electron chi connectivity index (χ2n) is 6.93. The smallest absolute Gasteiger partial charge is 0.0130 e. The highest BCUT2D eigenvalue weighted by Crippen LogP contribution is 2.53. The fourth-order valence-corrected chi connectivity index (χ4v) is 3.82. The van der Waals surface area contributed by atoms with E-state index < -0.39 is 0 Å². The normalized spacial score (nSPS) is 25.2. The largest absolute Gasteiger partial charge is 0.313 e. The minimum absolute atomic E-state index is 0.375. The Morgan fingerprint density at radius 1 is 1.16 bits per heavy atom. The van der Waals surface area contributed by atoms with Gasteiger partial charge in [-0.3, -0.25) is 0 Å². The maximum absolute atomic E-state index is 3.71. The highest BCUT2D eigenvalue weighted by molar-refractivity contribution is 5.42. The van der Waals surface area contributed by atoms with E-state index in [1.54, 1.807) is 5.56 Å². The van der Waals surface area contributed by atoms with Crippen LogP contribution >= 0.6 is 0 Å². The molecule has 0 aromatic heterocycles. The Labute approximate surface area is 118 Å². The molecule has 0 heterocycles. The van der Waals surface area contributed by atoms with Crippen LogP contribution in [0.25, 0.3) is 0 Å². The fraction of sp³-hybridized carbons (Fsp3) is 0.667. The van der Waals surface area contributed by atoms with Gasteiger partial charge in [0.2, 0.25) is 0 Å². The van der Waals surface area contributed by atoms with E-state index in [1.807, 2.05) is 0 Å². The molecular formula is C18H29N. The van der Waals surface area contributed by atoms with Gasteiger partial charge < -0.3 is 5.32 Å². The van der Waals surface area contributed by atoms with Crippen LogP contribution in [0.3, 0.4) is 0 Å². The molecule has 1 aromatic carbocycles. The summed E-state index contributed by atoms with van der Waals surface area (Å²) < 4.78 is 0. The SMILES string of the molecule is CCCNC1CC(c2c(C)cc(C)cc2C)C1(C)C. The second kappa shape index (κ2) is 5.28. The van der Waals surface area contributed by atoms with Crippen LogP contribution in [-0.2, 0) is 0 Å². The van der Waals surface area contributed by atoms with Crippen LogP contribution in [0.2, 0.25) is 0 Å². The third-order valence-corrected chi connectivity index (χ3v) is 4.99. The molecular weight excluding hydrogens is 230 g/mol. The van der Waals surface area contributed by atoms with Crippen molar-refractivity contribution < 1.29 is 0 Å². The first-order valence-corrected chi connectivity index (χ1v) is 7.69. The number of benzene rings is 1. The number of hydrogen-bond acceptors (Lipinski definition) is 1. The summed E-state index contributed by atoms with van der Waals surface area (Å²) >= 11 is 0. The molecule has 19 heavy (non-hydrogen) atoms. The van der Waals surface area contributed by atoms with Crippen molar-refractivity contribution >= 4 is 0 Å². The summed E-state index contributed by atoms with van der Waals surface area (Å²) in [7, 11) is 0. The van der Waals surface area contributed by atoms with Gasteiger partial charge in [-0.2, -0.15) is 0 Å². The quantitative estimate of drug-likeness (QED) is 0.840. The van der Waals surface area contributed by atoms with Gasteiger partial charge in [-0.1, -0.05) is 38.5 Å². The number of rotatable bonds is 4. The first-order valence-electron chi connectivity index (χ1n) is 7.69. The van der Waals surface area contributed by atoms with E-state index in [2.05, 4.69) is 59.0 Å². The zero-order valence-electron chi connectivity index (χ0n) is 13.4. The summed E-state index contributed by atoms with van der Waals surface area (Å²) in [5, 5.41) is 3.71. The number of hydrogen-bond donors (Lipinski definition) is 1. The molecule has 1 saturated carbocycles. The van der Waals surface area contributed by atoms with Crippen molar-refractivity contribution in [3.8, 4) is 0 Å².